The second-order valence-corrected chi connectivity index (χ2v) is 7.12. The fraction of sp³-hybridized carbons (Fsp3) is 0.167. The zero-order valence-corrected chi connectivity index (χ0v) is 16.5. The molecule has 2 heterocycles. The number of H-pyrrole nitrogens is 1. The number of amides is 1. The predicted molar refractivity (Wildman–Crippen MR) is 107 cm³/mol. The average molecular weight is 419 g/mol. The first kappa shape index (κ1) is 19.8. The average Bonchev–Trinajstić information content (AvgIpc) is 2.66. The maximum atomic E-state index is 12.4. The van der Waals surface area contributed by atoms with Gasteiger partial charge in [0.2, 0.25) is 5.91 Å². The van der Waals surface area contributed by atoms with Crippen molar-refractivity contribution in [2.24, 2.45) is 0 Å². The summed E-state index contributed by atoms with van der Waals surface area (Å²) in [5.74, 6) is -0.903. The zero-order chi connectivity index (χ0) is 20.3. The van der Waals surface area contributed by atoms with Crippen molar-refractivity contribution >= 4 is 52.0 Å². The van der Waals surface area contributed by atoms with E-state index >= 15 is 0 Å². The van der Waals surface area contributed by atoms with E-state index in [0.717, 1.165) is 11.8 Å². The van der Waals surface area contributed by atoms with E-state index in [9.17, 15) is 14.4 Å². The molecule has 0 unspecified atom stereocenters. The third kappa shape index (κ3) is 4.49. The third-order valence-corrected chi connectivity index (χ3v) is 4.78. The number of hydrogen-bond donors (Lipinski definition) is 2. The Balaban J connectivity index is 1.80. The lowest BCUT2D eigenvalue weighted by Gasteiger charge is -2.07. The number of pyridine rings is 1. The molecule has 0 aliphatic heterocycles. The van der Waals surface area contributed by atoms with Gasteiger partial charge in [-0.3, -0.25) is 9.59 Å². The summed E-state index contributed by atoms with van der Waals surface area (Å²) in [7, 11) is 1.23. The molecule has 2 aromatic heterocycles. The van der Waals surface area contributed by atoms with Gasteiger partial charge in [0.25, 0.3) is 5.56 Å². The Morgan fingerprint density at radius 1 is 1.25 bits per heavy atom. The van der Waals surface area contributed by atoms with Crippen LogP contribution in [-0.4, -0.2) is 39.7 Å². The summed E-state index contributed by atoms with van der Waals surface area (Å²) in [5.41, 5.74) is 0.802. The molecule has 8 nitrogen and oxygen atoms in total. The molecule has 3 aromatic rings. The molecule has 1 aromatic carbocycles. The minimum atomic E-state index is -0.648. The highest BCUT2D eigenvalue weighted by Gasteiger charge is 2.17. The number of carbonyl (C=O) groups excluding carboxylic acids is 2. The molecule has 0 atom stereocenters. The van der Waals surface area contributed by atoms with Crippen LogP contribution < -0.4 is 10.9 Å². The molecule has 28 heavy (non-hydrogen) atoms. The number of nitrogens with zero attached hydrogens (tertiary/aromatic N) is 2. The number of halogens is 1. The van der Waals surface area contributed by atoms with Gasteiger partial charge >= 0.3 is 5.97 Å². The first-order valence-corrected chi connectivity index (χ1v) is 9.42. The molecule has 10 heteroatoms. The lowest BCUT2D eigenvalue weighted by atomic mass is 10.1. The number of aromatic nitrogens is 3. The normalized spacial score (nSPS) is 10.7. The number of benzene rings is 1. The standard InChI is InChI=1S/C18H15ClN4O4S/c1-9-7-12(17(26)27-2)14-15(20-9)22-18(23-16(14)25)28-8-13(24)21-11-5-3-10(19)4-6-11/h3-7H,8H2,1-2H3,(H,21,24)(H,20,22,23,25). The van der Waals surface area contributed by atoms with E-state index in [-0.39, 0.29) is 33.4 Å². The van der Waals surface area contributed by atoms with E-state index < -0.39 is 11.5 Å². The fourth-order valence-corrected chi connectivity index (χ4v) is 3.23. The number of nitrogens with one attached hydrogen (secondary N) is 2. The van der Waals surface area contributed by atoms with Crippen molar-refractivity contribution in [2.75, 3.05) is 18.2 Å². The van der Waals surface area contributed by atoms with Crippen molar-refractivity contribution in [1.82, 2.24) is 15.0 Å². The van der Waals surface area contributed by atoms with Gasteiger partial charge in [-0.2, -0.15) is 0 Å². The maximum absolute atomic E-state index is 12.4. The summed E-state index contributed by atoms with van der Waals surface area (Å²) < 4.78 is 4.71. The number of ether oxygens (including phenoxy) is 1. The van der Waals surface area contributed by atoms with Gasteiger partial charge < -0.3 is 15.0 Å². The van der Waals surface area contributed by atoms with Crippen molar-refractivity contribution < 1.29 is 14.3 Å². The van der Waals surface area contributed by atoms with Crippen molar-refractivity contribution in [2.45, 2.75) is 12.1 Å². The van der Waals surface area contributed by atoms with E-state index in [4.69, 9.17) is 16.3 Å². The van der Waals surface area contributed by atoms with Gasteiger partial charge in [-0.05, 0) is 37.3 Å². The quantitative estimate of drug-likeness (QED) is 0.372. The molecule has 2 N–H and O–H groups in total. The minimum Gasteiger partial charge on any atom is -0.465 e. The molecule has 144 valence electrons. The summed E-state index contributed by atoms with van der Waals surface area (Å²) in [6.45, 7) is 1.68. The van der Waals surface area contributed by atoms with Crippen molar-refractivity contribution in [3.8, 4) is 0 Å². The van der Waals surface area contributed by atoms with Crippen LogP contribution in [0.4, 0.5) is 5.69 Å². The van der Waals surface area contributed by atoms with Gasteiger partial charge in [0.15, 0.2) is 10.8 Å². The molecule has 0 saturated heterocycles. The Labute approximate surface area is 168 Å². The monoisotopic (exact) mass is 418 g/mol. The molecule has 0 fully saturated rings. The molecule has 0 bridgehead atoms. The van der Waals surface area contributed by atoms with Crippen LogP contribution in [0, 0.1) is 6.92 Å². The number of hydrogen-bond acceptors (Lipinski definition) is 7. The highest BCUT2D eigenvalue weighted by atomic mass is 35.5. The number of esters is 1. The number of carbonyl (C=O) groups is 2. The summed E-state index contributed by atoms with van der Waals surface area (Å²) in [6.07, 6.45) is 0. The summed E-state index contributed by atoms with van der Waals surface area (Å²) >= 11 is 6.85. The number of fused-ring (bicyclic) bond motifs is 1. The minimum absolute atomic E-state index is 0.0206. The van der Waals surface area contributed by atoms with E-state index in [2.05, 4.69) is 20.3 Å². The number of methoxy groups -OCH3 is 1. The topological polar surface area (TPSA) is 114 Å². The molecule has 3 rings (SSSR count). The van der Waals surface area contributed by atoms with Crippen molar-refractivity contribution in [1.29, 1.82) is 0 Å². The highest BCUT2D eigenvalue weighted by molar-refractivity contribution is 7.99. The van der Waals surface area contributed by atoms with Crippen LogP contribution in [0.3, 0.4) is 0 Å². The predicted octanol–water partition coefficient (Wildman–Crippen LogP) is 2.80. The molecular weight excluding hydrogens is 404 g/mol. The Kier molecular flexibility index (Phi) is 5.96. The van der Waals surface area contributed by atoms with Gasteiger partial charge in [0, 0.05) is 16.4 Å². The smallest absolute Gasteiger partial charge is 0.338 e. The van der Waals surface area contributed by atoms with Crippen LogP contribution in [0.2, 0.25) is 5.02 Å². The van der Waals surface area contributed by atoms with E-state index in [1.807, 2.05) is 0 Å². The van der Waals surface area contributed by atoms with E-state index in [1.165, 1.54) is 13.2 Å². The second kappa shape index (κ2) is 8.41. The van der Waals surface area contributed by atoms with Crippen LogP contribution in [0.15, 0.2) is 40.3 Å². The Morgan fingerprint density at radius 2 is 1.96 bits per heavy atom. The summed E-state index contributed by atoms with van der Waals surface area (Å²) in [4.78, 5) is 47.5. The maximum Gasteiger partial charge on any atom is 0.338 e. The molecular formula is C18H15ClN4O4S. The Morgan fingerprint density at radius 3 is 2.64 bits per heavy atom. The van der Waals surface area contributed by atoms with Crippen molar-refractivity contribution in [3.05, 3.63) is 57.0 Å². The van der Waals surface area contributed by atoms with E-state index in [1.54, 1.807) is 31.2 Å². The van der Waals surface area contributed by atoms with Gasteiger partial charge in [0.05, 0.1) is 23.8 Å². The SMILES string of the molecule is COC(=O)c1cc(C)nc2nc(SCC(=O)Nc3ccc(Cl)cc3)[nH]c(=O)c12. The molecule has 0 aliphatic rings. The van der Waals surface area contributed by atoms with E-state index in [0.29, 0.717) is 16.4 Å². The molecule has 0 aliphatic carbocycles. The van der Waals surface area contributed by atoms with Gasteiger partial charge in [-0.1, -0.05) is 23.4 Å². The van der Waals surface area contributed by atoms with Crippen LogP contribution >= 0.6 is 23.4 Å². The van der Waals surface area contributed by atoms with Gasteiger partial charge in [-0.25, -0.2) is 14.8 Å². The number of rotatable bonds is 5. The summed E-state index contributed by atoms with van der Waals surface area (Å²) in [5, 5.41) is 3.55. The Hall–Kier alpha value is -2.91. The first-order valence-electron chi connectivity index (χ1n) is 8.05. The molecule has 0 spiro atoms. The lowest BCUT2D eigenvalue weighted by molar-refractivity contribution is -0.113. The van der Waals surface area contributed by atoms with Crippen LogP contribution in [-0.2, 0) is 9.53 Å². The number of anilines is 1. The van der Waals surface area contributed by atoms with Crippen LogP contribution in [0.1, 0.15) is 16.1 Å². The van der Waals surface area contributed by atoms with Crippen LogP contribution in [0.25, 0.3) is 11.0 Å². The molecule has 0 radical (unpaired) electrons. The number of aryl methyl sites for hydroxylation is 1. The van der Waals surface area contributed by atoms with Crippen molar-refractivity contribution in [3.63, 3.8) is 0 Å². The third-order valence-electron chi connectivity index (χ3n) is 3.66. The molecule has 1 amide bonds. The first-order chi connectivity index (χ1) is 13.4. The zero-order valence-electron chi connectivity index (χ0n) is 14.9. The summed E-state index contributed by atoms with van der Waals surface area (Å²) in [6, 6.07) is 8.17. The number of aromatic amines is 1. The van der Waals surface area contributed by atoms with Gasteiger partial charge in [-0.15, -0.1) is 0 Å². The van der Waals surface area contributed by atoms with Gasteiger partial charge in [0.1, 0.15) is 0 Å². The Bertz CT molecular complexity index is 1120. The largest absolute Gasteiger partial charge is 0.465 e. The number of thioether (sulfide) groups is 1. The molecule has 0 saturated carbocycles. The lowest BCUT2D eigenvalue weighted by Crippen LogP contribution is -2.17. The fourth-order valence-electron chi connectivity index (χ4n) is 2.45. The second-order valence-electron chi connectivity index (χ2n) is 5.72. The van der Waals surface area contributed by atoms with Crippen LogP contribution in [0.5, 0.6) is 0 Å². The highest BCUT2D eigenvalue weighted by Crippen LogP contribution is 2.19.